The quantitative estimate of drug-likeness (QED) is 0.769. The largest absolute Gasteiger partial charge is 0.341 e. The number of nitrogens with one attached hydrogen (secondary N) is 1. The van der Waals surface area contributed by atoms with Crippen LogP contribution in [0.15, 0.2) is 23.6 Å². The van der Waals surface area contributed by atoms with E-state index in [4.69, 9.17) is 23.2 Å². The van der Waals surface area contributed by atoms with E-state index in [-0.39, 0.29) is 30.7 Å². The number of rotatable bonds is 3. The lowest BCUT2D eigenvalue weighted by atomic mass is 10.2. The highest BCUT2D eigenvalue weighted by Gasteiger charge is 2.17. The van der Waals surface area contributed by atoms with Crippen LogP contribution in [0.4, 0.5) is 0 Å². The fourth-order valence-electron chi connectivity index (χ4n) is 2.54. The Kier molecular flexibility index (Phi) is 9.49. The van der Waals surface area contributed by atoms with E-state index in [2.05, 4.69) is 10.3 Å². The molecule has 0 aliphatic carbocycles. The Morgan fingerprint density at radius 1 is 1.24 bits per heavy atom. The summed E-state index contributed by atoms with van der Waals surface area (Å²) in [7, 11) is 0. The van der Waals surface area contributed by atoms with Crippen molar-refractivity contribution in [2.45, 2.75) is 12.8 Å². The minimum absolute atomic E-state index is 0. The molecule has 0 radical (unpaired) electrons. The molecule has 1 amide bonds. The maximum Gasteiger partial charge on any atom is 0.228 e. The Morgan fingerprint density at radius 3 is 2.80 bits per heavy atom. The van der Waals surface area contributed by atoms with Crippen LogP contribution in [0, 0.1) is 0 Å². The van der Waals surface area contributed by atoms with E-state index in [9.17, 15) is 4.79 Å². The molecule has 0 spiro atoms. The highest BCUT2D eigenvalue weighted by Crippen LogP contribution is 2.32. The van der Waals surface area contributed by atoms with Crippen LogP contribution in [0.3, 0.4) is 0 Å². The number of carbonyl (C=O) groups is 1. The molecule has 1 saturated heterocycles. The van der Waals surface area contributed by atoms with Gasteiger partial charge in [0.25, 0.3) is 0 Å². The molecule has 1 N–H and O–H groups in total. The van der Waals surface area contributed by atoms with Gasteiger partial charge in [0.1, 0.15) is 5.01 Å². The second kappa shape index (κ2) is 10.6. The van der Waals surface area contributed by atoms with Crippen molar-refractivity contribution < 1.29 is 4.79 Å². The van der Waals surface area contributed by atoms with Gasteiger partial charge in [-0.25, -0.2) is 4.98 Å². The molecule has 2 aromatic rings. The molecule has 0 unspecified atom stereocenters. The molecule has 1 fully saturated rings. The van der Waals surface area contributed by atoms with Crippen LogP contribution >= 0.6 is 59.4 Å². The minimum Gasteiger partial charge on any atom is -0.341 e. The van der Waals surface area contributed by atoms with Crippen LogP contribution in [-0.2, 0) is 11.2 Å². The predicted octanol–water partition coefficient (Wildman–Crippen LogP) is 4.32. The Hall–Kier alpha value is -0.560. The number of benzene rings is 1. The normalized spacial score (nSPS) is 14.2. The molecule has 0 atom stereocenters. The van der Waals surface area contributed by atoms with Gasteiger partial charge in [-0.3, -0.25) is 4.79 Å². The first-order chi connectivity index (χ1) is 11.1. The van der Waals surface area contributed by atoms with Gasteiger partial charge in [-0.2, -0.15) is 0 Å². The van der Waals surface area contributed by atoms with E-state index in [1.807, 2.05) is 16.3 Å². The third kappa shape index (κ3) is 5.98. The summed E-state index contributed by atoms with van der Waals surface area (Å²) < 4.78 is 0. The zero-order chi connectivity index (χ0) is 16.2. The van der Waals surface area contributed by atoms with Crippen molar-refractivity contribution in [1.82, 2.24) is 15.2 Å². The van der Waals surface area contributed by atoms with E-state index < -0.39 is 0 Å². The average molecular weight is 443 g/mol. The third-order valence-corrected chi connectivity index (χ3v) is 5.21. The molecule has 1 aliphatic rings. The van der Waals surface area contributed by atoms with Crippen LogP contribution in [0.5, 0.6) is 0 Å². The molecule has 138 valence electrons. The highest BCUT2D eigenvalue weighted by atomic mass is 35.5. The summed E-state index contributed by atoms with van der Waals surface area (Å²) in [6.45, 7) is 3.40. The number of hydrogen-bond donors (Lipinski definition) is 1. The predicted molar refractivity (Wildman–Crippen MR) is 110 cm³/mol. The molecule has 4 nitrogen and oxygen atoms in total. The van der Waals surface area contributed by atoms with Gasteiger partial charge >= 0.3 is 0 Å². The van der Waals surface area contributed by atoms with Crippen molar-refractivity contribution >= 4 is 65.3 Å². The molecule has 1 aromatic carbocycles. The second-order valence-electron chi connectivity index (χ2n) is 5.43. The Balaban J connectivity index is 0.00000156. The summed E-state index contributed by atoms with van der Waals surface area (Å²) >= 11 is 13.6. The lowest BCUT2D eigenvalue weighted by Gasteiger charge is -2.19. The summed E-state index contributed by atoms with van der Waals surface area (Å²) in [5.41, 5.74) is 1.64. The lowest BCUT2D eigenvalue weighted by molar-refractivity contribution is -0.130. The standard InChI is InChI=1S/C16H17Cl2N3OS.2ClH/c17-11-2-3-13(14(18)8-11)16-20-12(10-23-16)9-15(22)21-6-1-4-19-5-7-21;;/h2-3,8,10,19H,1,4-7,9H2;2*1H. The zero-order valence-corrected chi connectivity index (χ0v) is 17.3. The van der Waals surface area contributed by atoms with Gasteiger partial charge in [-0.15, -0.1) is 36.2 Å². The third-order valence-electron chi connectivity index (χ3n) is 3.74. The highest BCUT2D eigenvalue weighted by molar-refractivity contribution is 7.13. The van der Waals surface area contributed by atoms with Crippen LogP contribution in [-0.4, -0.2) is 42.0 Å². The molecule has 0 bridgehead atoms. The smallest absolute Gasteiger partial charge is 0.228 e. The van der Waals surface area contributed by atoms with Crippen molar-refractivity contribution in [2.75, 3.05) is 26.2 Å². The number of carbonyl (C=O) groups excluding carboxylic acids is 1. The SMILES string of the molecule is Cl.Cl.O=C(Cc1csc(-c2ccc(Cl)cc2Cl)n1)N1CCCNCC1. The number of aromatic nitrogens is 1. The monoisotopic (exact) mass is 441 g/mol. The topological polar surface area (TPSA) is 45.2 Å². The minimum atomic E-state index is 0. The second-order valence-corrected chi connectivity index (χ2v) is 7.13. The van der Waals surface area contributed by atoms with E-state index in [0.29, 0.717) is 16.5 Å². The summed E-state index contributed by atoms with van der Waals surface area (Å²) in [4.78, 5) is 18.9. The van der Waals surface area contributed by atoms with Crippen molar-refractivity contribution in [3.8, 4) is 10.6 Å². The number of hydrogen-bond acceptors (Lipinski definition) is 4. The zero-order valence-electron chi connectivity index (χ0n) is 13.3. The van der Waals surface area contributed by atoms with E-state index in [1.165, 1.54) is 11.3 Å². The summed E-state index contributed by atoms with van der Waals surface area (Å²) in [6.07, 6.45) is 1.33. The first kappa shape index (κ1) is 22.5. The molecule has 1 aromatic heterocycles. The first-order valence-electron chi connectivity index (χ1n) is 7.52. The van der Waals surface area contributed by atoms with Gasteiger partial charge in [0.15, 0.2) is 0 Å². The van der Waals surface area contributed by atoms with Gasteiger partial charge in [-0.05, 0) is 31.2 Å². The molecular weight excluding hydrogens is 424 g/mol. The van der Waals surface area contributed by atoms with Crippen molar-refractivity contribution in [3.05, 3.63) is 39.3 Å². The van der Waals surface area contributed by atoms with Crippen LogP contribution in [0.25, 0.3) is 10.6 Å². The Bertz CT molecular complexity index is 702. The van der Waals surface area contributed by atoms with E-state index in [1.54, 1.807) is 12.1 Å². The fourth-order valence-corrected chi connectivity index (χ4v) is 3.95. The van der Waals surface area contributed by atoms with Crippen molar-refractivity contribution in [1.29, 1.82) is 0 Å². The van der Waals surface area contributed by atoms with Crippen molar-refractivity contribution in [3.63, 3.8) is 0 Å². The van der Waals surface area contributed by atoms with Gasteiger partial charge in [0.05, 0.1) is 17.1 Å². The molecule has 25 heavy (non-hydrogen) atoms. The van der Waals surface area contributed by atoms with Crippen LogP contribution in [0.2, 0.25) is 10.0 Å². The number of thiazole rings is 1. The summed E-state index contributed by atoms with van der Waals surface area (Å²) in [5.74, 6) is 0.132. The molecule has 3 rings (SSSR count). The van der Waals surface area contributed by atoms with Gasteiger partial charge in [0.2, 0.25) is 5.91 Å². The molecule has 1 aliphatic heterocycles. The first-order valence-corrected chi connectivity index (χ1v) is 9.15. The summed E-state index contributed by atoms with van der Waals surface area (Å²) in [5, 5.41) is 7.21. The fraction of sp³-hybridized carbons (Fsp3) is 0.375. The Labute approximate surface area is 173 Å². The number of amides is 1. The molecule has 0 saturated carbocycles. The molecular formula is C16H19Cl4N3OS. The Morgan fingerprint density at radius 2 is 2.04 bits per heavy atom. The lowest BCUT2D eigenvalue weighted by Crippen LogP contribution is -2.35. The number of nitrogens with zero attached hydrogens (tertiary/aromatic N) is 2. The van der Waals surface area contributed by atoms with Gasteiger partial charge < -0.3 is 10.2 Å². The van der Waals surface area contributed by atoms with Gasteiger partial charge in [-0.1, -0.05) is 23.2 Å². The molecule has 9 heteroatoms. The van der Waals surface area contributed by atoms with Crippen LogP contribution in [0.1, 0.15) is 12.1 Å². The van der Waals surface area contributed by atoms with Crippen molar-refractivity contribution in [2.24, 2.45) is 0 Å². The molecule has 2 heterocycles. The summed E-state index contributed by atoms with van der Waals surface area (Å²) in [6, 6.07) is 5.35. The number of halogens is 4. The van der Waals surface area contributed by atoms with Gasteiger partial charge in [0, 0.05) is 35.6 Å². The van der Waals surface area contributed by atoms with E-state index in [0.717, 1.165) is 48.9 Å². The van der Waals surface area contributed by atoms with E-state index >= 15 is 0 Å². The van der Waals surface area contributed by atoms with Crippen LogP contribution < -0.4 is 5.32 Å². The maximum atomic E-state index is 12.4. The average Bonchev–Trinajstić information content (AvgIpc) is 2.81. The maximum absolute atomic E-state index is 12.4.